The van der Waals surface area contributed by atoms with Gasteiger partial charge in [0, 0.05) is 25.0 Å². The summed E-state index contributed by atoms with van der Waals surface area (Å²) in [5, 5.41) is 0. The van der Waals surface area contributed by atoms with Gasteiger partial charge in [-0.15, -0.1) is 0 Å². The zero-order valence-electron chi connectivity index (χ0n) is 30.7. The summed E-state index contributed by atoms with van der Waals surface area (Å²) in [6.07, 6.45) is 19.1. The molecule has 0 fully saturated rings. The third-order valence-corrected chi connectivity index (χ3v) is 9.93. The maximum absolute atomic E-state index is 4.80. The van der Waals surface area contributed by atoms with Gasteiger partial charge >= 0.3 is 0 Å². The summed E-state index contributed by atoms with van der Waals surface area (Å²) in [7, 11) is 0. The number of nitrogens with one attached hydrogen (secondary N) is 2. The number of pyridine rings is 3. The summed E-state index contributed by atoms with van der Waals surface area (Å²) in [6, 6.07) is 43.0. The Balaban J connectivity index is 0.902. The second-order valence-corrected chi connectivity index (χ2v) is 13.9. The highest BCUT2D eigenvalue weighted by atomic mass is 15.0. The van der Waals surface area contributed by atoms with Gasteiger partial charge in [0.25, 0.3) is 0 Å². The molecule has 270 valence electrons. The van der Waals surface area contributed by atoms with Crippen LogP contribution in [0.2, 0.25) is 0 Å². The van der Waals surface area contributed by atoms with E-state index in [4.69, 9.17) is 29.9 Å². The van der Waals surface area contributed by atoms with E-state index in [0.717, 1.165) is 102 Å². The number of hydrogen-bond donors (Lipinski definition) is 2. The highest BCUT2D eigenvalue weighted by molar-refractivity contribution is 6.05. The second-order valence-electron chi connectivity index (χ2n) is 13.9. The van der Waals surface area contributed by atoms with Crippen LogP contribution in [0.25, 0.3) is 81.6 Å². The highest BCUT2D eigenvalue weighted by Gasteiger charge is 2.16. The molecule has 0 radical (unpaired) electrons. The number of para-hydroxylation sites is 5. The molecule has 1 aliphatic rings. The van der Waals surface area contributed by atoms with Crippen molar-refractivity contribution >= 4 is 69.9 Å². The molecule has 0 saturated carbocycles. The van der Waals surface area contributed by atoms with Gasteiger partial charge in [-0.05, 0) is 106 Å². The Hall–Kier alpha value is -7.84. The fraction of sp³-hybridized carbons (Fsp3) is 0.0204. The molecule has 4 aromatic carbocycles. The fourth-order valence-electron chi connectivity index (χ4n) is 6.96. The van der Waals surface area contributed by atoms with Crippen molar-refractivity contribution in [2.24, 2.45) is 4.99 Å². The second kappa shape index (κ2) is 14.8. The minimum absolute atomic E-state index is 0.754. The van der Waals surface area contributed by atoms with Crippen LogP contribution in [0.3, 0.4) is 0 Å². The van der Waals surface area contributed by atoms with Crippen LogP contribution >= 0.6 is 0 Å². The van der Waals surface area contributed by atoms with Crippen LogP contribution in [0.15, 0.2) is 151 Å². The van der Waals surface area contributed by atoms with E-state index in [9.17, 15) is 0 Å². The van der Waals surface area contributed by atoms with Crippen LogP contribution in [0.5, 0.6) is 0 Å². The fourth-order valence-corrected chi connectivity index (χ4v) is 6.96. The van der Waals surface area contributed by atoms with Gasteiger partial charge in [-0.3, -0.25) is 19.9 Å². The third-order valence-electron chi connectivity index (χ3n) is 9.93. The molecule has 2 N–H and O–H groups in total. The standard InChI is InChI=1S/C49H34N8/c1-2-8-39-38(7-1)28-47(53-39)40-22-19-32(29-50-40)13-16-35-25-36(17-14-33-20-23-45(51-30-33)48-54-41-9-3-4-10-42(41)55-48)27-37(26-35)18-15-34-21-24-46(52-31-34)49-56-43-11-5-6-12-44(43)57-49/h1-27,29-31H,28H2,(H,54,55)(H,56,57)/b16-13+,17-14+,18-15+. The number of imidazole rings is 2. The number of benzene rings is 4. The SMILES string of the molecule is C(=C\c1cc(/C=C/c2ccc(-c3nc4ccccc4[nH]3)nc2)cc(/C=C/c2ccc(-c3nc4ccccc4[nH]3)nc2)c1)/c1ccc(C2=Nc3ccccc3C2)nc1. The largest absolute Gasteiger partial charge is 0.337 e. The number of fused-ring (bicyclic) bond motifs is 3. The molecule has 8 nitrogen and oxygen atoms in total. The number of hydrogen-bond acceptors (Lipinski definition) is 6. The molecule has 57 heavy (non-hydrogen) atoms. The molecule has 8 heteroatoms. The molecule has 9 aromatic rings. The molecule has 0 saturated heterocycles. The van der Waals surface area contributed by atoms with E-state index in [1.165, 1.54) is 5.56 Å². The van der Waals surface area contributed by atoms with Crippen molar-refractivity contribution in [3.8, 4) is 23.0 Å². The minimum Gasteiger partial charge on any atom is -0.337 e. The lowest BCUT2D eigenvalue weighted by atomic mass is 10.0. The van der Waals surface area contributed by atoms with Crippen LogP contribution < -0.4 is 0 Å². The smallest absolute Gasteiger partial charge is 0.157 e. The number of aliphatic imine (C=N–C) groups is 1. The molecule has 0 amide bonds. The van der Waals surface area contributed by atoms with Gasteiger partial charge in [0.05, 0.1) is 39.2 Å². The van der Waals surface area contributed by atoms with E-state index in [-0.39, 0.29) is 0 Å². The Morgan fingerprint density at radius 2 is 0.860 bits per heavy atom. The zero-order valence-corrected chi connectivity index (χ0v) is 30.7. The highest BCUT2D eigenvalue weighted by Crippen LogP contribution is 2.28. The van der Waals surface area contributed by atoms with Gasteiger partial charge in [0.1, 0.15) is 11.4 Å². The van der Waals surface area contributed by atoms with Gasteiger partial charge in [0.2, 0.25) is 0 Å². The summed E-state index contributed by atoms with van der Waals surface area (Å²) < 4.78 is 0. The van der Waals surface area contributed by atoms with E-state index >= 15 is 0 Å². The first-order chi connectivity index (χ1) is 28.1. The van der Waals surface area contributed by atoms with Gasteiger partial charge in [-0.2, -0.15) is 0 Å². The van der Waals surface area contributed by atoms with Crippen molar-refractivity contribution in [2.45, 2.75) is 6.42 Å². The van der Waals surface area contributed by atoms with E-state index < -0.39 is 0 Å². The molecular formula is C49H34N8. The van der Waals surface area contributed by atoms with Gasteiger partial charge in [-0.25, -0.2) is 9.97 Å². The molecule has 10 rings (SSSR count). The first-order valence-electron chi connectivity index (χ1n) is 18.8. The van der Waals surface area contributed by atoms with Gasteiger partial charge in [-0.1, -0.05) is 97.1 Å². The monoisotopic (exact) mass is 734 g/mol. The van der Waals surface area contributed by atoms with Crippen molar-refractivity contribution < 1.29 is 0 Å². The summed E-state index contributed by atoms with van der Waals surface area (Å²) in [5.74, 6) is 1.51. The van der Waals surface area contributed by atoms with Gasteiger partial charge < -0.3 is 9.97 Å². The predicted octanol–water partition coefficient (Wildman–Crippen LogP) is 11.1. The van der Waals surface area contributed by atoms with Crippen molar-refractivity contribution in [3.05, 3.63) is 191 Å². The first kappa shape index (κ1) is 33.7. The van der Waals surface area contributed by atoms with Crippen LogP contribution in [0.1, 0.15) is 44.6 Å². The van der Waals surface area contributed by atoms with E-state index in [0.29, 0.717) is 0 Å². The number of aromatic nitrogens is 7. The molecule has 0 aliphatic carbocycles. The van der Waals surface area contributed by atoms with E-state index in [2.05, 4.69) is 107 Å². The normalized spacial score (nSPS) is 12.7. The Morgan fingerprint density at radius 3 is 1.32 bits per heavy atom. The van der Waals surface area contributed by atoms with Crippen LogP contribution in [0, 0.1) is 0 Å². The number of H-pyrrole nitrogens is 2. The number of rotatable bonds is 9. The lowest BCUT2D eigenvalue weighted by Gasteiger charge is -2.04. The molecule has 0 bridgehead atoms. The topological polar surface area (TPSA) is 108 Å². The average Bonchev–Trinajstić information content (AvgIpc) is 4.02. The van der Waals surface area contributed by atoms with Crippen LogP contribution in [-0.4, -0.2) is 40.6 Å². The maximum atomic E-state index is 4.80. The molecular weight excluding hydrogens is 701 g/mol. The molecule has 0 atom stereocenters. The summed E-state index contributed by atoms with van der Waals surface area (Å²) in [4.78, 5) is 35.1. The van der Waals surface area contributed by atoms with E-state index in [1.54, 1.807) is 0 Å². The first-order valence-corrected chi connectivity index (χ1v) is 18.8. The summed E-state index contributed by atoms with van der Waals surface area (Å²) in [6.45, 7) is 0. The summed E-state index contributed by atoms with van der Waals surface area (Å²) >= 11 is 0. The third kappa shape index (κ3) is 7.35. The zero-order chi connectivity index (χ0) is 38.0. The average molecular weight is 735 g/mol. The lowest BCUT2D eigenvalue weighted by Crippen LogP contribution is -2.02. The summed E-state index contributed by atoms with van der Waals surface area (Å²) in [5.41, 5.74) is 15.8. The number of nitrogens with zero attached hydrogens (tertiary/aromatic N) is 6. The Kier molecular flexibility index (Phi) is 8.73. The van der Waals surface area contributed by atoms with Crippen molar-refractivity contribution in [1.29, 1.82) is 0 Å². The minimum atomic E-state index is 0.754. The van der Waals surface area contributed by atoms with Gasteiger partial charge in [0.15, 0.2) is 11.6 Å². The molecule has 1 aliphatic heterocycles. The van der Waals surface area contributed by atoms with Crippen molar-refractivity contribution in [2.75, 3.05) is 0 Å². The lowest BCUT2D eigenvalue weighted by molar-refractivity contribution is 1.23. The maximum Gasteiger partial charge on any atom is 0.157 e. The molecule has 5 aromatic heterocycles. The Morgan fingerprint density at radius 1 is 0.421 bits per heavy atom. The quantitative estimate of drug-likeness (QED) is 0.153. The number of aromatic amines is 2. The van der Waals surface area contributed by atoms with Crippen molar-refractivity contribution in [3.63, 3.8) is 0 Å². The van der Waals surface area contributed by atoms with E-state index in [1.807, 2.05) is 85.3 Å². The molecule has 6 heterocycles. The Labute approximate surface area is 328 Å². The van der Waals surface area contributed by atoms with Crippen molar-refractivity contribution in [1.82, 2.24) is 34.9 Å². The van der Waals surface area contributed by atoms with Crippen LogP contribution in [-0.2, 0) is 6.42 Å². The molecule has 0 spiro atoms. The Bertz CT molecular complexity index is 2810. The molecule has 0 unspecified atom stereocenters. The van der Waals surface area contributed by atoms with Crippen LogP contribution in [0.4, 0.5) is 5.69 Å². The predicted molar refractivity (Wildman–Crippen MR) is 232 cm³/mol.